The van der Waals surface area contributed by atoms with Crippen LogP contribution in [-0.2, 0) is 6.42 Å². The molecule has 7 heteroatoms. The number of nitrogens with zero attached hydrogens (tertiary/aromatic N) is 1. The molecule has 0 bridgehead atoms. The fraction of sp³-hybridized carbons (Fsp3) is 0.238. The van der Waals surface area contributed by atoms with Gasteiger partial charge >= 0.3 is 0 Å². The highest BCUT2D eigenvalue weighted by atomic mass is 16.5. The van der Waals surface area contributed by atoms with Crippen LogP contribution in [-0.4, -0.2) is 38.9 Å². The van der Waals surface area contributed by atoms with Crippen molar-refractivity contribution < 1.29 is 23.5 Å². The van der Waals surface area contributed by atoms with Crippen LogP contribution in [0.5, 0.6) is 17.2 Å². The minimum absolute atomic E-state index is 0.272. The first-order valence-electron chi connectivity index (χ1n) is 8.75. The number of hydrogen-bond donors (Lipinski definition) is 1. The number of carbonyl (C=O) groups is 1. The summed E-state index contributed by atoms with van der Waals surface area (Å²) < 4.78 is 21.2. The SMILES string of the molecule is COc1cccc(-c2cc(CCNC(=O)c3c(OC)cccc3OC)no2)c1. The van der Waals surface area contributed by atoms with Crippen LogP contribution < -0.4 is 19.5 Å². The number of benzene rings is 2. The molecule has 1 N–H and O–H groups in total. The van der Waals surface area contributed by atoms with Crippen molar-refractivity contribution >= 4 is 5.91 Å². The van der Waals surface area contributed by atoms with E-state index in [0.29, 0.717) is 35.8 Å². The summed E-state index contributed by atoms with van der Waals surface area (Å²) in [7, 11) is 4.65. The summed E-state index contributed by atoms with van der Waals surface area (Å²) >= 11 is 0. The van der Waals surface area contributed by atoms with Crippen molar-refractivity contribution in [1.29, 1.82) is 0 Å². The number of carbonyl (C=O) groups excluding carboxylic acids is 1. The molecule has 0 aliphatic rings. The Bertz CT molecular complexity index is 929. The zero-order chi connectivity index (χ0) is 19.9. The Balaban J connectivity index is 1.63. The summed E-state index contributed by atoms with van der Waals surface area (Å²) in [4.78, 5) is 12.6. The number of hydrogen-bond acceptors (Lipinski definition) is 6. The van der Waals surface area contributed by atoms with Gasteiger partial charge in [0.2, 0.25) is 0 Å². The van der Waals surface area contributed by atoms with Gasteiger partial charge in [-0.2, -0.15) is 0 Å². The Hall–Kier alpha value is -3.48. The van der Waals surface area contributed by atoms with Crippen LogP contribution >= 0.6 is 0 Å². The Morgan fingerprint density at radius 1 is 1.00 bits per heavy atom. The van der Waals surface area contributed by atoms with Gasteiger partial charge in [0.05, 0.1) is 27.0 Å². The topological polar surface area (TPSA) is 82.8 Å². The zero-order valence-corrected chi connectivity index (χ0v) is 16.0. The molecule has 0 spiro atoms. The predicted octanol–water partition coefficient (Wildman–Crippen LogP) is 3.34. The molecule has 146 valence electrons. The van der Waals surface area contributed by atoms with Gasteiger partial charge in [-0.25, -0.2) is 0 Å². The van der Waals surface area contributed by atoms with Crippen molar-refractivity contribution in [2.45, 2.75) is 6.42 Å². The van der Waals surface area contributed by atoms with Crippen molar-refractivity contribution in [2.75, 3.05) is 27.9 Å². The Morgan fingerprint density at radius 2 is 1.71 bits per heavy atom. The molecule has 0 aliphatic heterocycles. The summed E-state index contributed by atoms with van der Waals surface area (Å²) in [5.74, 6) is 2.03. The molecule has 0 unspecified atom stereocenters. The number of ether oxygens (including phenoxy) is 3. The molecule has 1 heterocycles. The van der Waals surface area contributed by atoms with E-state index in [1.54, 1.807) is 25.3 Å². The number of aromatic nitrogens is 1. The fourth-order valence-corrected chi connectivity index (χ4v) is 2.81. The molecule has 28 heavy (non-hydrogen) atoms. The van der Waals surface area contributed by atoms with Gasteiger partial charge in [0.15, 0.2) is 5.76 Å². The molecular weight excluding hydrogens is 360 g/mol. The van der Waals surface area contributed by atoms with Gasteiger partial charge in [0, 0.05) is 24.6 Å². The van der Waals surface area contributed by atoms with Crippen LogP contribution in [0.15, 0.2) is 53.1 Å². The van der Waals surface area contributed by atoms with Gasteiger partial charge in [0.25, 0.3) is 5.91 Å². The monoisotopic (exact) mass is 382 g/mol. The van der Waals surface area contributed by atoms with Gasteiger partial charge in [-0.05, 0) is 24.3 Å². The molecule has 7 nitrogen and oxygen atoms in total. The lowest BCUT2D eigenvalue weighted by molar-refractivity contribution is 0.0947. The molecule has 0 fully saturated rings. The van der Waals surface area contributed by atoms with Crippen LogP contribution in [0.2, 0.25) is 0 Å². The molecule has 0 saturated heterocycles. The lowest BCUT2D eigenvalue weighted by Crippen LogP contribution is -2.26. The van der Waals surface area contributed by atoms with Crippen molar-refractivity contribution in [3.63, 3.8) is 0 Å². The van der Waals surface area contributed by atoms with E-state index < -0.39 is 0 Å². The van der Waals surface area contributed by atoms with Gasteiger partial charge in [-0.1, -0.05) is 23.4 Å². The second-order valence-electron chi connectivity index (χ2n) is 5.96. The largest absolute Gasteiger partial charge is 0.497 e. The molecule has 2 aromatic carbocycles. The zero-order valence-electron chi connectivity index (χ0n) is 16.0. The third-order valence-electron chi connectivity index (χ3n) is 4.23. The van der Waals surface area contributed by atoms with E-state index in [1.807, 2.05) is 30.3 Å². The lowest BCUT2D eigenvalue weighted by atomic mass is 10.1. The minimum atomic E-state index is -0.272. The first kappa shape index (κ1) is 19.3. The van der Waals surface area contributed by atoms with Crippen molar-refractivity contribution in [1.82, 2.24) is 10.5 Å². The highest BCUT2D eigenvalue weighted by molar-refractivity contribution is 5.99. The summed E-state index contributed by atoms with van der Waals surface area (Å²) in [5.41, 5.74) is 1.98. The fourth-order valence-electron chi connectivity index (χ4n) is 2.81. The highest BCUT2D eigenvalue weighted by Gasteiger charge is 2.18. The Kier molecular flexibility index (Phi) is 6.16. The molecule has 0 atom stereocenters. The normalized spacial score (nSPS) is 10.4. The summed E-state index contributed by atoms with van der Waals surface area (Å²) in [5, 5.41) is 6.93. The predicted molar refractivity (Wildman–Crippen MR) is 104 cm³/mol. The molecule has 0 radical (unpaired) electrons. The second-order valence-corrected chi connectivity index (χ2v) is 5.96. The molecule has 0 aliphatic carbocycles. The minimum Gasteiger partial charge on any atom is -0.497 e. The van der Waals surface area contributed by atoms with E-state index >= 15 is 0 Å². The van der Waals surface area contributed by atoms with E-state index in [1.165, 1.54) is 14.2 Å². The van der Waals surface area contributed by atoms with Crippen LogP contribution in [0.1, 0.15) is 16.1 Å². The highest BCUT2D eigenvalue weighted by Crippen LogP contribution is 2.28. The van der Waals surface area contributed by atoms with Crippen LogP contribution in [0, 0.1) is 0 Å². The quantitative estimate of drug-likeness (QED) is 0.643. The van der Waals surface area contributed by atoms with Crippen molar-refractivity contribution in [3.05, 3.63) is 59.8 Å². The van der Waals surface area contributed by atoms with Crippen LogP contribution in [0.3, 0.4) is 0 Å². The first-order valence-corrected chi connectivity index (χ1v) is 8.75. The van der Waals surface area contributed by atoms with Gasteiger partial charge < -0.3 is 24.1 Å². The number of methoxy groups -OCH3 is 3. The maximum atomic E-state index is 12.6. The molecule has 3 rings (SSSR count). The van der Waals surface area contributed by atoms with E-state index in [-0.39, 0.29) is 5.91 Å². The Morgan fingerprint density at radius 3 is 2.39 bits per heavy atom. The Labute approximate surface area is 163 Å². The van der Waals surface area contributed by atoms with E-state index in [4.69, 9.17) is 18.7 Å². The second kappa shape index (κ2) is 8.94. The molecule has 3 aromatic rings. The van der Waals surface area contributed by atoms with Gasteiger partial charge in [-0.3, -0.25) is 4.79 Å². The van der Waals surface area contributed by atoms with E-state index in [9.17, 15) is 4.79 Å². The average Bonchev–Trinajstić information content (AvgIpc) is 3.22. The summed E-state index contributed by atoms with van der Waals surface area (Å²) in [6.45, 7) is 0.393. The van der Waals surface area contributed by atoms with Gasteiger partial charge in [0.1, 0.15) is 22.8 Å². The molecule has 0 saturated carbocycles. The van der Waals surface area contributed by atoms with Crippen LogP contribution in [0.25, 0.3) is 11.3 Å². The standard InChI is InChI=1S/C21H22N2O5/c1-25-16-7-4-6-14(12-16)19-13-15(23-28-19)10-11-22-21(24)20-17(26-2)8-5-9-18(20)27-3/h4-9,12-13H,10-11H2,1-3H3,(H,22,24). The summed E-state index contributed by atoms with van der Waals surface area (Å²) in [6.07, 6.45) is 0.524. The summed E-state index contributed by atoms with van der Waals surface area (Å²) in [6, 6.07) is 14.6. The van der Waals surface area contributed by atoms with Crippen LogP contribution in [0.4, 0.5) is 0 Å². The number of nitrogens with one attached hydrogen (secondary N) is 1. The smallest absolute Gasteiger partial charge is 0.258 e. The van der Waals surface area contributed by atoms with Gasteiger partial charge in [-0.15, -0.1) is 0 Å². The maximum absolute atomic E-state index is 12.6. The lowest BCUT2D eigenvalue weighted by Gasteiger charge is -2.12. The average molecular weight is 382 g/mol. The van der Waals surface area contributed by atoms with E-state index in [2.05, 4.69) is 10.5 Å². The molecular formula is C21H22N2O5. The third kappa shape index (κ3) is 4.25. The van der Waals surface area contributed by atoms with Crippen molar-refractivity contribution in [2.24, 2.45) is 0 Å². The maximum Gasteiger partial charge on any atom is 0.258 e. The first-order chi connectivity index (χ1) is 13.7. The molecule has 1 amide bonds. The molecule has 1 aromatic heterocycles. The van der Waals surface area contributed by atoms with E-state index in [0.717, 1.165) is 17.0 Å². The van der Waals surface area contributed by atoms with Crippen molar-refractivity contribution in [3.8, 4) is 28.6 Å². The number of rotatable bonds is 8. The third-order valence-corrected chi connectivity index (χ3v) is 4.23. The number of amides is 1.